The van der Waals surface area contributed by atoms with Crippen molar-refractivity contribution < 1.29 is 9.18 Å². The largest absolute Gasteiger partial charge is 0.360 e. The molecule has 1 aromatic rings. The maximum atomic E-state index is 13.4. The molecule has 1 aliphatic rings. The predicted molar refractivity (Wildman–Crippen MR) is 73.8 cm³/mol. The fourth-order valence-electron chi connectivity index (χ4n) is 1.54. The minimum atomic E-state index is -0.583. The molecular weight excluding hydrogens is 273 g/mol. The Kier molecular flexibility index (Phi) is 3.83. The Hall–Kier alpha value is -1.60. The average Bonchev–Trinajstić information content (AvgIpc) is 2.76. The van der Waals surface area contributed by atoms with Crippen LogP contribution in [0, 0.1) is 5.82 Å². The molecule has 0 spiro atoms. The van der Waals surface area contributed by atoms with Gasteiger partial charge in [0.15, 0.2) is 10.2 Å². The van der Waals surface area contributed by atoms with Crippen LogP contribution in [-0.2, 0) is 0 Å². The first-order valence-corrected chi connectivity index (χ1v) is 6.06. The molecule has 18 heavy (non-hydrogen) atoms. The van der Waals surface area contributed by atoms with Gasteiger partial charge in [0.2, 0.25) is 0 Å². The Balaban J connectivity index is 2.06. The summed E-state index contributed by atoms with van der Waals surface area (Å²) in [6.07, 6.45) is 0. The van der Waals surface area contributed by atoms with E-state index in [1.54, 1.807) is 11.0 Å². The summed E-state index contributed by atoms with van der Waals surface area (Å²) in [5.41, 5.74) is -0.0436. The first-order valence-electron chi connectivity index (χ1n) is 5.25. The van der Waals surface area contributed by atoms with E-state index in [1.807, 2.05) is 0 Å². The van der Waals surface area contributed by atoms with E-state index in [9.17, 15) is 9.18 Å². The van der Waals surface area contributed by atoms with Gasteiger partial charge in [0.25, 0.3) is 5.91 Å². The molecule has 0 aromatic heterocycles. The van der Waals surface area contributed by atoms with Crippen LogP contribution in [0.3, 0.4) is 0 Å². The molecule has 1 saturated heterocycles. The zero-order valence-corrected chi connectivity index (χ0v) is 10.9. The van der Waals surface area contributed by atoms with Gasteiger partial charge in [-0.05, 0) is 36.6 Å². The number of hydrogen-bond donors (Lipinski definition) is 2. The topological polar surface area (TPSA) is 44.4 Å². The van der Waals surface area contributed by atoms with Crippen LogP contribution in [0.5, 0.6) is 0 Å². The number of thiocarbonyl (C=S) groups is 2. The van der Waals surface area contributed by atoms with Crippen LogP contribution < -0.4 is 10.6 Å². The average molecular weight is 283 g/mol. The summed E-state index contributed by atoms with van der Waals surface area (Å²) < 4.78 is 13.4. The predicted octanol–water partition coefficient (Wildman–Crippen LogP) is 1.03. The van der Waals surface area contributed by atoms with Gasteiger partial charge < -0.3 is 5.32 Å². The normalized spacial score (nSPS) is 14.3. The van der Waals surface area contributed by atoms with Crippen molar-refractivity contribution in [2.75, 3.05) is 13.1 Å². The molecule has 4 nitrogen and oxygen atoms in total. The van der Waals surface area contributed by atoms with Gasteiger partial charge in [-0.3, -0.25) is 15.0 Å². The highest BCUT2D eigenvalue weighted by Gasteiger charge is 2.22. The third kappa shape index (κ3) is 2.62. The maximum Gasteiger partial charge on any atom is 0.260 e. The monoisotopic (exact) mass is 283 g/mol. The SMILES string of the molecule is O=C(NC(=S)N1CCNC1=S)c1ccccc1F. The summed E-state index contributed by atoms with van der Waals surface area (Å²) in [5.74, 6) is -1.16. The fourth-order valence-corrected chi connectivity index (χ4v) is 2.16. The minimum Gasteiger partial charge on any atom is -0.360 e. The van der Waals surface area contributed by atoms with Gasteiger partial charge in [-0.25, -0.2) is 4.39 Å². The fraction of sp³-hybridized carbons (Fsp3) is 0.182. The van der Waals surface area contributed by atoms with Crippen molar-refractivity contribution in [1.29, 1.82) is 0 Å². The second kappa shape index (κ2) is 5.36. The van der Waals surface area contributed by atoms with Gasteiger partial charge in [-0.15, -0.1) is 0 Å². The molecule has 94 valence electrons. The second-order valence-corrected chi connectivity index (χ2v) is 4.40. The lowest BCUT2D eigenvalue weighted by molar-refractivity contribution is 0.0971. The highest BCUT2D eigenvalue weighted by Crippen LogP contribution is 2.06. The number of rotatable bonds is 1. The van der Waals surface area contributed by atoms with Crippen molar-refractivity contribution in [3.05, 3.63) is 35.6 Å². The zero-order chi connectivity index (χ0) is 13.1. The molecule has 0 aliphatic carbocycles. The standard InChI is InChI=1S/C11H10FN3OS2/c12-8-4-2-1-3-7(8)9(16)14-11(18)15-6-5-13-10(15)17/h1-4H,5-6H2,(H,13,17)(H,14,16,18). The number of carbonyl (C=O) groups excluding carboxylic acids is 1. The van der Waals surface area contributed by atoms with E-state index in [2.05, 4.69) is 10.6 Å². The Morgan fingerprint density at radius 1 is 1.44 bits per heavy atom. The number of hydrogen-bond acceptors (Lipinski definition) is 3. The number of carbonyl (C=O) groups is 1. The van der Waals surface area contributed by atoms with Gasteiger partial charge in [0.05, 0.1) is 5.56 Å². The molecule has 0 saturated carbocycles. The molecule has 1 fully saturated rings. The van der Waals surface area contributed by atoms with Crippen molar-refractivity contribution in [3.8, 4) is 0 Å². The second-order valence-electron chi connectivity index (χ2n) is 3.62. The number of nitrogens with zero attached hydrogens (tertiary/aromatic N) is 1. The van der Waals surface area contributed by atoms with E-state index in [-0.39, 0.29) is 10.7 Å². The third-order valence-electron chi connectivity index (χ3n) is 2.44. The molecule has 2 N–H and O–H groups in total. The van der Waals surface area contributed by atoms with Crippen LogP contribution in [0.1, 0.15) is 10.4 Å². The van der Waals surface area contributed by atoms with Gasteiger partial charge in [0, 0.05) is 13.1 Å². The number of benzene rings is 1. The van der Waals surface area contributed by atoms with Crippen LogP contribution >= 0.6 is 24.4 Å². The van der Waals surface area contributed by atoms with Crippen molar-refractivity contribution in [3.63, 3.8) is 0 Å². The quantitative estimate of drug-likeness (QED) is 0.754. The molecule has 2 rings (SSSR count). The van der Waals surface area contributed by atoms with E-state index in [1.165, 1.54) is 18.2 Å². The molecular formula is C11H10FN3OS2. The van der Waals surface area contributed by atoms with Crippen molar-refractivity contribution in [2.45, 2.75) is 0 Å². The molecule has 7 heteroatoms. The molecule has 0 bridgehead atoms. The highest BCUT2D eigenvalue weighted by molar-refractivity contribution is 7.81. The van der Waals surface area contributed by atoms with Gasteiger partial charge >= 0.3 is 0 Å². The molecule has 1 aromatic carbocycles. The van der Waals surface area contributed by atoms with Crippen molar-refractivity contribution >= 4 is 40.6 Å². The molecule has 1 amide bonds. The van der Waals surface area contributed by atoms with Gasteiger partial charge in [0.1, 0.15) is 5.82 Å². The summed E-state index contributed by atoms with van der Waals surface area (Å²) in [6, 6.07) is 5.72. The lowest BCUT2D eigenvalue weighted by atomic mass is 10.2. The maximum absolute atomic E-state index is 13.4. The van der Waals surface area contributed by atoms with Crippen LogP contribution in [0.15, 0.2) is 24.3 Å². The summed E-state index contributed by atoms with van der Waals surface area (Å²) in [7, 11) is 0. The van der Waals surface area contributed by atoms with Gasteiger partial charge in [-0.2, -0.15) is 0 Å². The zero-order valence-electron chi connectivity index (χ0n) is 9.27. The smallest absolute Gasteiger partial charge is 0.260 e. The summed E-state index contributed by atoms with van der Waals surface area (Å²) in [4.78, 5) is 13.4. The van der Waals surface area contributed by atoms with Crippen LogP contribution in [0.2, 0.25) is 0 Å². The summed E-state index contributed by atoms with van der Waals surface area (Å²) in [5, 5.41) is 6.03. The van der Waals surface area contributed by atoms with Crippen LogP contribution in [-0.4, -0.2) is 34.1 Å². The lowest BCUT2D eigenvalue weighted by Crippen LogP contribution is -2.44. The molecule has 0 radical (unpaired) electrons. The first-order chi connectivity index (χ1) is 8.59. The molecule has 1 aliphatic heterocycles. The minimum absolute atomic E-state index is 0.0436. The molecule has 0 unspecified atom stereocenters. The number of amides is 1. The Morgan fingerprint density at radius 2 is 2.17 bits per heavy atom. The molecule has 1 heterocycles. The Morgan fingerprint density at radius 3 is 2.78 bits per heavy atom. The van der Waals surface area contributed by atoms with Gasteiger partial charge in [-0.1, -0.05) is 12.1 Å². The summed E-state index contributed by atoms with van der Waals surface area (Å²) in [6.45, 7) is 1.27. The van der Waals surface area contributed by atoms with Crippen LogP contribution in [0.25, 0.3) is 0 Å². The lowest BCUT2D eigenvalue weighted by Gasteiger charge is -2.17. The van der Waals surface area contributed by atoms with E-state index >= 15 is 0 Å². The van der Waals surface area contributed by atoms with E-state index < -0.39 is 11.7 Å². The van der Waals surface area contributed by atoms with E-state index in [0.29, 0.717) is 18.2 Å². The van der Waals surface area contributed by atoms with E-state index in [0.717, 1.165) is 0 Å². The first kappa shape index (κ1) is 12.8. The van der Waals surface area contributed by atoms with E-state index in [4.69, 9.17) is 24.4 Å². The third-order valence-corrected chi connectivity index (χ3v) is 3.13. The molecule has 0 atom stereocenters. The summed E-state index contributed by atoms with van der Waals surface area (Å²) >= 11 is 10.1. The number of halogens is 1. The number of nitrogens with one attached hydrogen (secondary N) is 2. The highest BCUT2D eigenvalue weighted by atomic mass is 32.1. The Labute approximate surface area is 114 Å². The van der Waals surface area contributed by atoms with Crippen molar-refractivity contribution in [1.82, 2.24) is 15.5 Å². The van der Waals surface area contributed by atoms with Crippen LogP contribution in [0.4, 0.5) is 4.39 Å². The Bertz CT molecular complexity index is 521. The van der Waals surface area contributed by atoms with Crippen molar-refractivity contribution in [2.24, 2.45) is 0 Å².